The van der Waals surface area contributed by atoms with Crippen LogP contribution in [0.5, 0.6) is 11.8 Å². The molecule has 7 aromatic heterocycles. The van der Waals surface area contributed by atoms with Crippen LogP contribution in [0, 0.1) is 34.6 Å². The van der Waals surface area contributed by atoms with Gasteiger partial charge < -0.3 is 45.2 Å². The molecule has 28 heteroatoms. The van der Waals surface area contributed by atoms with E-state index in [0.29, 0.717) is 17.3 Å². The zero-order valence-electron chi connectivity index (χ0n) is 35.4. The quantitative estimate of drug-likeness (QED) is 0.0896. The highest BCUT2D eigenvalue weighted by Crippen LogP contribution is 2.05. The number of hydrogen-bond acceptors (Lipinski definition) is 17. The molecule has 0 aromatic carbocycles. The molecule has 65 heavy (non-hydrogen) atoms. The smallest absolute Gasteiger partial charge is 0.352 e. The van der Waals surface area contributed by atoms with E-state index >= 15 is 0 Å². The number of aromatic nitrogens is 14. The van der Waals surface area contributed by atoms with Crippen LogP contribution in [-0.4, -0.2) is 91.3 Å². The molecule has 7 heterocycles. The van der Waals surface area contributed by atoms with Crippen LogP contribution in [0.15, 0.2) is 103 Å². The van der Waals surface area contributed by atoms with Crippen molar-refractivity contribution in [1.82, 2.24) is 70.0 Å². The minimum absolute atomic E-state index is 0.0683. The van der Waals surface area contributed by atoms with E-state index in [9.17, 15) is 52.7 Å². The molecule has 7 aromatic rings. The summed E-state index contributed by atoms with van der Waals surface area (Å²) in [4.78, 5) is 148. The number of aromatic amines is 10. The van der Waals surface area contributed by atoms with Gasteiger partial charge in [0.2, 0.25) is 11.8 Å². The van der Waals surface area contributed by atoms with Gasteiger partial charge in [0.25, 0.3) is 44.5 Å². The topological polar surface area (TPSA) is 458 Å². The number of aromatic hydroxyl groups is 2. The number of nitrogens with one attached hydrogen (secondary N) is 10. The van der Waals surface area contributed by atoms with Crippen LogP contribution in [0.1, 0.15) is 64.8 Å². The molecule has 0 saturated heterocycles. The Hall–Kier alpha value is -9.37. The lowest BCUT2D eigenvalue weighted by Gasteiger charge is -2.03. The fraction of sp³-hybridized carbons (Fsp3) is 0.216. The third-order valence-electron chi connectivity index (χ3n) is 6.51. The van der Waals surface area contributed by atoms with Crippen LogP contribution in [-0.2, 0) is 0 Å². The molecule has 0 fully saturated rings. The van der Waals surface area contributed by atoms with Crippen molar-refractivity contribution < 1.29 is 20.1 Å². The molecule has 28 nitrogen and oxygen atoms in total. The van der Waals surface area contributed by atoms with Gasteiger partial charge in [-0.15, -0.1) is 0 Å². The lowest BCUT2D eigenvalue weighted by Crippen LogP contribution is -2.24. The Kier molecular flexibility index (Phi) is 22.1. The maximum Gasteiger partial charge on any atom is 0.352 e. The van der Waals surface area contributed by atoms with Crippen LogP contribution in [0.2, 0.25) is 0 Å². The van der Waals surface area contributed by atoms with Gasteiger partial charge in [-0.2, -0.15) is 0 Å². The number of hydrogen-bond donors (Lipinski definition) is 13. The Balaban J connectivity index is 0.000000380. The number of H-pyrrole nitrogens is 10. The highest BCUT2D eigenvalue weighted by molar-refractivity contribution is 5.84. The number of carboxylic acid groups (broad SMARTS) is 1. The summed E-state index contributed by atoms with van der Waals surface area (Å²) in [5.41, 5.74) is -2.12. The predicted molar refractivity (Wildman–Crippen MR) is 231 cm³/mol. The summed E-state index contributed by atoms with van der Waals surface area (Å²) < 4.78 is 0. The normalized spacial score (nSPS) is 9.54. The van der Waals surface area contributed by atoms with Crippen LogP contribution in [0.25, 0.3) is 0 Å². The molecule has 0 unspecified atom stereocenters. The van der Waals surface area contributed by atoms with E-state index in [0.717, 1.165) is 41.7 Å². The molecule has 13 N–H and O–H groups in total. The zero-order chi connectivity index (χ0) is 49.4. The second kappa shape index (κ2) is 26.8. The first-order valence-corrected chi connectivity index (χ1v) is 18.1. The van der Waals surface area contributed by atoms with Gasteiger partial charge in [-0.1, -0.05) is 13.8 Å². The number of carbonyl (C=O) groups is 1. The number of aromatic carboxylic acids is 1. The molecular weight excluding hydrogens is 864 g/mol. The molecule has 0 aliphatic rings. The molecular formula is C37H44N14O14. The Morgan fingerprint density at radius 2 is 0.969 bits per heavy atom. The fourth-order valence-electron chi connectivity index (χ4n) is 4.06. The standard InChI is InChI=1S/C8H12N2O.C6H8N2O.C5H4N2O4.2C5H6N2O2.2C4H4N2O2/c1-5(2)8-9-6(3)4-7(11)10-8;1-4-3-6(9)8-5(2)7-4;8-3-1-2(4(9)10)6-5(11)7-3;1-3-6-4(8)2-5(9)7-3;1-3-2-4(8)7-5(9)6-3;7-3-1-4(8)6-2-5-3;7-3-1-2-4(8)6-5-3/h4-5H,1-3H3,(H,9,10,11);3H,1-2H3,(H,7,8,9);1H,(H,9,10)(H2,6,7,8,11);2*2H,1H3,(H2,6,7,8,9);1-2H,(H2,5,6,7,8);1-2H,(H,5,7)(H,6,8). The summed E-state index contributed by atoms with van der Waals surface area (Å²) in [5, 5.41) is 29.7. The van der Waals surface area contributed by atoms with Crippen molar-refractivity contribution >= 4 is 5.97 Å². The second-order valence-electron chi connectivity index (χ2n) is 12.7. The first-order chi connectivity index (χ1) is 30.3. The minimum atomic E-state index is -1.34. The van der Waals surface area contributed by atoms with Crippen molar-refractivity contribution in [2.75, 3.05) is 0 Å². The molecule has 0 saturated carbocycles. The van der Waals surface area contributed by atoms with Crippen LogP contribution in [0.3, 0.4) is 0 Å². The lowest BCUT2D eigenvalue weighted by molar-refractivity contribution is 0.0689. The maximum absolute atomic E-state index is 10.9. The van der Waals surface area contributed by atoms with E-state index in [1.165, 1.54) is 30.3 Å². The van der Waals surface area contributed by atoms with Gasteiger partial charge in [0, 0.05) is 59.4 Å². The van der Waals surface area contributed by atoms with E-state index < -0.39 is 28.6 Å². The molecule has 0 bridgehead atoms. The number of aryl methyl sites for hydroxylation is 5. The molecule has 7 rings (SSSR count). The molecule has 0 atom stereocenters. The van der Waals surface area contributed by atoms with E-state index in [1.807, 2.05) is 35.7 Å². The Morgan fingerprint density at radius 3 is 1.34 bits per heavy atom. The molecule has 0 aliphatic heterocycles. The summed E-state index contributed by atoms with van der Waals surface area (Å²) in [6.07, 6.45) is 1.14. The molecule has 0 spiro atoms. The summed E-state index contributed by atoms with van der Waals surface area (Å²) in [5.74, 6) is 0.288. The monoisotopic (exact) mass is 908 g/mol. The van der Waals surface area contributed by atoms with E-state index in [1.54, 1.807) is 27.7 Å². The number of nitrogens with zero attached hydrogens (tertiary/aromatic N) is 4. The van der Waals surface area contributed by atoms with Gasteiger partial charge in [0.1, 0.15) is 23.2 Å². The second-order valence-corrected chi connectivity index (χ2v) is 12.7. The molecule has 0 radical (unpaired) electrons. The van der Waals surface area contributed by atoms with Crippen molar-refractivity contribution in [3.63, 3.8) is 0 Å². The van der Waals surface area contributed by atoms with Gasteiger partial charge in [0.05, 0.1) is 18.5 Å². The van der Waals surface area contributed by atoms with E-state index in [-0.39, 0.29) is 56.6 Å². The van der Waals surface area contributed by atoms with Crippen LogP contribution in [0.4, 0.5) is 0 Å². The largest absolute Gasteiger partial charge is 0.493 e. The first-order valence-electron chi connectivity index (χ1n) is 18.1. The molecule has 346 valence electrons. The average Bonchev–Trinajstić information content (AvgIpc) is 3.15. The van der Waals surface area contributed by atoms with Gasteiger partial charge in [-0.05, 0) is 34.6 Å². The molecule has 0 aliphatic carbocycles. The predicted octanol–water partition coefficient (Wildman–Crippen LogP) is -1.96. The summed E-state index contributed by atoms with van der Waals surface area (Å²) in [6, 6.07) is 9.43. The van der Waals surface area contributed by atoms with Crippen LogP contribution >= 0.6 is 0 Å². The van der Waals surface area contributed by atoms with Crippen molar-refractivity contribution in [2.45, 2.75) is 54.4 Å². The maximum atomic E-state index is 10.9. The highest BCUT2D eigenvalue weighted by atomic mass is 16.4. The van der Waals surface area contributed by atoms with Gasteiger partial charge in [-0.3, -0.25) is 58.5 Å². The first kappa shape index (κ1) is 53.6. The van der Waals surface area contributed by atoms with Crippen LogP contribution < -0.4 is 55.9 Å². The Labute approximate surface area is 360 Å². The number of carboxylic acids is 1. The van der Waals surface area contributed by atoms with Gasteiger partial charge >= 0.3 is 17.3 Å². The van der Waals surface area contributed by atoms with Crippen molar-refractivity contribution in [2.24, 2.45) is 0 Å². The van der Waals surface area contributed by atoms with Gasteiger partial charge in [0.15, 0.2) is 0 Å². The summed E-state index contributed by atoms with van der Waals surface area (Å²) in [7, 11) is 0. The highest BCUT2D eigenvalue weighted by Gasteiger charge is 2.04. The average molecular weight is 909 g/mol. The molecule has 0 amide bonds. The van der Waals surface area contributed by atoms with Crippen molar-refractivity contribution in [3.8, 4) is 11.8 Å². The Bertz CT molecular complexity index is 3030. The minimum Gasteiger partial charge on any atom is -0.493 e. The lowest BCUT2D eigenvalue weighted by atomic mass is 10.2. The zero-order valence-corrected chi connectivity index (χ0v) is 35.4. The summed E-state index contributed by atoms with van der Waals surface area (Å²) in [6.45, 7) is 12.6. The third kappa shape index (κ3) is 24.5. The number of rotatable bonds is 2. The van der Waals surface area contributed by atoms with Gasteiger partial charge in [-0.25, -0.2) is 34.3 Å². The van der Waals surface area contributed by atoms with E-state index in [4.69, 9.17) is 15.3 Å². The SMILES string of the molecule is Cc1cc(=O)[nH]c(=O)[nH]1.Cc1cc(=O)[nH]c(C(C)C)n1.Cc1cc(=O)[nH]c(C)n1.Cc1nc(O)cc(=O)[nH]1.O=C(O)c1cc(=O)[nH]c(=O)[nH]1.O=c1cc(O)nc[nH]1.O=c1ccc(=O)[nH][nH]1. The van der Waals surface area contributed by atoms with Crippen molar-refractivity contribution in [1.29, 1.82) is 0 Å². The van der Waals surface area contributed by atoms with Crippen molar-refractivity contribution in [3.05, 3.63) is 199 Å². The summed E-state index contributed by atoms with van der Waals surface area (Å²) >= 11 is 0. The fourth-order valence-corrected chi connectivity index (χ4v) is 4.06. The van der Waals surface area contributed by atoms with E-state index in [2.05, 4.69) is 55.1 Å². The third-order valence-corrected chi connectivity index (χ3v) is 6.51. The Morgan fingerprint density at radius 1 is 0.508 bits per heavy atom.